The van der Waals surface area contributed by atoms with Gasteiger partial charge in [0.15, 0.2) is 5.96 Å². The Balaban J connectivity index is 1.78. The molecule has 0 amide bonds. The van der Waals surface area contributed by atoms with Crippen LogP contribution in [0.4, 0.5) is 5.69 Å². The molecule has 5 nitrogen and oxygen atoms in total. The second-order valence-electron chi connectivity index (χ2n) is 6.43. The van der Waals surface area contributed by atoms with Crippen LogP contribution in [0, 0.1) is 0 Å². The van der Waals surface area contributed by atoms with E-state index in [0.717, 1.165) is 34.9 Å². The zero-order chi connectivity index (χ0) is 18.4. The average molecular weight is 374 g/mol. The van der Waals surface area contributed by atoms with Crippen molar-refractivity contribution in [1.29, 1.82) is 0 Å². The Labute approximate surface area is 159 Å². The zero-order valence-electron chi connectivity index (χ0n) is 14.9. The molecule has 0 saturated carbocycles. The lowest BCUT2D eigenvalue weighted by Gasteiger charge is -2.37. The highest BCUT2D eigenvalue weighted by molar-refractivity contribution is 6.31. The fourth-order valence-electron chi connectivity index (χ4n) is 3.29. The molecule has 6 heteroatoms. The van der Waals surface area contributed by atoms with Crippen LogP contribution in [-0.2, 0) is 10.2 Å². The Hall–Kier alpha value is -2.24. The number of aliphatic imine (C=N–C) groups is 1. The maximum Gasteiger partial charge on any atom is 0.193 e. The van der Waals surface area contributed by atoms with Crippen molar-refractivity contribution in [2.75, 3.05) is 32.2 Å². The molecular weight excluding hydrogens is 350 g/mol. The molecule has 0 spiro atoms. The van der Waals surface area contributed by atoms with Crippen molar-refractivity contribution in [3.05, 3.63) is 59.1 Å². The van der Waals surface area contributed by atoms with Crippen LogP contribution in [0.1, 0.15) is 18.4 Å². The van der Waals surface area contributed by atoms with Crippen LogP contribution in [0.15, 0.2) is 53.5 Å². The zero-order valence-corrected chi connectivity index (χ0v) is 15.6. The predicted molar refractivity (Wildman–Crippen MR) is 106 cm³/mol. The number of hydrogen-bond donors (Lipinski definition) is 2. The van der Waals surface area contributed by atoms with Crippen molar-refractivity contribution >= 4 is 23.2 Å². The average Bonchev–Trinajstić information content (AvgIpc) is 2.67. The van der Waals surface area contributed by atoms with Gasteiger partial charge < -0.3 is 20.5 Å². The van der Waals surface area contributed by atoms with Crippen molar-refractivity contribution in [2.45, 2.75) is 18.3 Å². The number of halogens is 1. The highest BCUT2D eigenvalue weighted by Crippen LogP contribution is 2.38. The fourth-order valence-corrected chi connectivity index (χ4v) is 3.63. The quantitative estimate of drug-likeness (QED) is 0.617. The van der Waals surface area contributed by atoms with E-state index in [4.69, 9.17) is 26.8 Å². The third kappa shape index (κ3) is 4.29. The topological polar surface area (TPSA) is 68.9 Å². The summed E-state index contributed by atoms with van der Waals surface area (Å²) in [5.41, 5.74) is 7.92. The van der Waals surface area contributed by atoms with Crippen molar-refractivity contribution in [1.82, 2.24) is 0 Å². The maximum atomic E-state index is 6.48. The molecule has 0 bridgehead atoms. The summed E-state index contributed by atoms with van der Waals surface area (Å²) < 4.78 is 10.8. The number of ether oxygens (including phenoxy) is 2. The second-order valence-corrected chi connectivity index (χ2v) is 6.84. The van der Waals surface area contributed by atoms with Crippen LogP contribution in [-0.4, -0.2) is 32.8 Å². The van der Waals surface area contributed by atoms with Gasteiger partial charge in [0, 0.05) is 35.4 Å². The van der Waals surface area contributed by atoms with Gasteiger partial charge in [-0.05, 0) is 36.6 Å². The first-order valence-electron chi connectivity index (χ1n) is 8.67. The van der Waals surface area contributed by atoms with E-state index in [1.165, 1.54) is 0 Å². The number of nitrogens with one attached hydrogen (secondary N) is 1. The largest absolute Gasteiger partial charge is 0.497 e. The highest BCUT2D eigenvalue weighted by Gasteiger charge is 2.35. The molecule has 1 fully saturated rings. The van der Waals surface area contributed by atoms with Crippen LogP contribution < -0.4 is 15.8 Å². The van der Waals surface area contributed by atoms with E-state index in [-0.39, 0.29) is 5.41 Å². The lowest BCUT2D eigenvalue weighted by Crippen LogP contribution is -2.38. The molecular formula is C20H24ClN3O2. The van der Waals surface area contributed by atoms with E-state index in [0.29, 0.717) is 25.7 Å². The summed E-state index contributed by atoms with van der Waals surface area (Å²) in [5.74, 6) is 1.14. The van der Waals surface area contributed by atoms with Gasteiger partial charge in [-0.3, -0.25) is 4.99 Å². The van der Waals surface area contributed by atoms with E-state index in [1.807, 2.05) is 42.5 Å². The Morgan fingerprint density at radius 3 is 2.73 bits per heavy atom. The summed E-state index contributed by atoms with van der Waals surface area (Å²) in [6.45, 7) is 1.96. The summed E-state index contributed by atoms with van der Waals surface area (Å²) >= 11 is 6.48. The molecule has 3 N–H and O–H groups in total. The lowest BCUT2D eigenvalue weighted by atomic mass is 9.74. The summed E-state index contributed by atoms with van der Waals surface area (Å²) in [6.07, 6.45) is 1.74. The molecule has 0 unspecified atom stereocenters. The maximum absolute atomic E-state index is 6.48. The predicted octanol–water partition coefficient (Wildman–Crippen LogP) is 3.82. The first kappa shape index (κ1) is 18.5. The standard InChI is InChI=1S/C20H24ClN3O2/c1-25-16-6-4-5-15(13-16)24-19(22)23-14-20(9-11-26-12-10-20)17-7-2-3-8-18(17)21/h2-8,13H,9-12,14H2,1H3,(H3,22,23,24). The van der Waals surface area contributed by atoms with E-state index >= 15 is 0 Å². The Kier molecular flexibility index (Phi) is 6.01. The van der Waals surface area contributed by atoms with Gasteiger partial charge in [-0.2, -0.15) is 0 Å². The van der Waals surface area contributed by atoms with Gasteiger partial charge in [0.25, 0.3) is 0 Å². The number of rotatable bonds is 5. The lowest BCUT2D eigenvalue weighted by molar-refractivity contribution is 0.0532. The molecule has 0 aromatic heterocycles. The number of methoxy groups -OCH3 is 1. The Morgan fingerprint density at radius 1 is 1.23 bits per heavy atom. The number of nitrogens with zero attached hydrogens (tertiary/aromatic N) is 1. The third-order valence-electron chi connectivity index (χ3n) is 4.79. The molecule has 1 heterocycles. The van der Waals surface area contributed by atoms with Crippen LogP contribution in [0.2, 0.25) is 5.02 Å². The molecule has 138 valence electrons. The van der Waals surface area contributed by atoms with E-state index in [2.05, 4.69) is 16.4 Å². The molecule has 1 saturated heterocycles. The van der Waals surface area contributed by atoms with E-state index in [1.54, 1.807) is 7.11 Å². The number of benzene rings is 2. The monoisotopic (exact) mass is 373 g/mol. The molecule has 0 aliphatic carbocycles. The second kappa shape index (κ2) is 8.43. The Bertz CT molecular complexity index is 773. The van der Waals surface area contributed by atoms with Gasteiger partial charge >= 0.3 is 0 Å². The number of nitrogens with two attached hydrogens (primary N) is 1. The van der Waals surface area contributed by atoms with Gasteiger partial charge in [0.05, 0.1) is 13.7 Å². The van der Waals surface area contributed by atoms with Crippen LogP contribution in [0.5, 0.6) is 5.75 Å². The summed E-state index contributed by atoms with van der Waals surface area (Å²) in [4.78, 5) is 4.62. The first-order chi connectivity index (χ1) is 12.6. The Morgan fingerprint density at radius 2 is 2.00 bits per heavy atom. The van der Waals surface area contributed by atoms with Crippen molar-refractivity contribution < 1.29 is 9.47 Å². The molecule has 26 heavy (non-hydrogen) atoms. The minimum atomic E-state index is -0.155. The number of anilines is 1. The van der Waals surface area contributed by atoms with Gasteiger partial charge in [0.1, 0.15) is 5.75 Å². The van der Waals surface area contributed by atoms with Gasteiger partial charge in [0.2, 0.25) is 0 Å². The highest BCUT2D eigenvalue weighted by atomic mass is 35.5. The molecule has 0 radical (unpaired) electrons. The molecule has 1 aliphatic heterocycles. The van der Waals surface area contributed by atoms with Crippen LogP contribution in [0.25, 0.3) is 0 Å². The van der Waals surface area contributed by atoms with Crippen molar-refractivity contribution in [3.63, 3.8) is 0 Å². The van der Waals surface area contributed by atoms with Crippen molar-refractivity contribution in [3.8, 4) is 5.75 Å². The SMILES string of the molecule is COc1cccc(NC(N)=NCC2(c3ccccc3Cl)CCOCC2)c1. The summed E-state index contributed by atoms with van der Waals surface area (Å²) in [6, 6.07) is 15.5. The van der Waals surface area contributed by atoms with Gasteiger partial charge in [-0.1, -0.05) is 35.9 Å². The molecule has 1 aliphatic rings. The molecule has 3 rings (SSSR count). The minimum Gasteiger partial charge on any atom is -0.497 e. The first-order valence-corrected chi connectivity index (χ1v) is 9.04. The smallest absolute Gasteiger partial charge is 0.193 e. The number of guanidine groups is 1. The van der Waals surface area contributed by atoms with Crippen LogP contribution in [0.3, 0.4) is 0 Å². The summed E-state index contributed by atoms with van der Waals surface area (Å²) in [5, 5.41) is 3.89. The van der Waals surface area contributed by atoms with Crippen LogP contribution >= 0.6 is 11.6 Å². The third-order valence-corrected chi connectivity index (χ3v) is 5.12. The number of hydrogen-bond acceptors (Lipinski definition) is 3. The summed E-state index contributed by atoms with van der Waals surface area (Å²) in [7, 11) is 1.63. The van der Waals surface area contributed by atoms with E-state index in [9.17, 15) is 0 Å². The fraction of sp³-hybridized carbons (Fsp3) is 0.350. The molecule has 0 atom stereocenters. The molecule has 2 aromatic rings. The normalized spacial score (nSPS) is 16.9. The van der Waals surface area contributed by atoms with E-state index < -0.39 is 0 Å². The van der Waals surface area contributed by atoms with Crippen molar-refractivity contribution in [2.24, 2.45) is 10.7 Å². The molecule has 2 aromatic carbocycles. The van der Waals surface area contributed by atoms with Gasteiger partial charge in [-0.15, -0.1) is 0 Å². The van der Waals surface area contributed by atoms with Gasteiger partial charge in [-0.25, -0.2) is 0 Å². The minimum absolute atomic E-state index is 0.155.